The number of benzene rings is 2. The van der Waals surface area contributed by atoms with Crippen LogP contribution in [0.25, 0.3) is 22.0 Å². The van der Waals surface area contributed by atoms with Crippen LogP contribution in [-0.2, 0) is 21.2 Å². The van der Waals surface area contributed by atoms with Gasteiger partial charge in [-0.3, -0.25) is 4.98 Å². The van der Waals surface area contributed by atoms with Crippen LogP contribution in [0.2, 0.25) is 13.1 Å². The lowest BCUT2D eigenvalue weighted by atomic mass is 9.81. The minimum Gasteiger partial charge on any atom is -0.506 e. The van der Waals surface area contributed by atoms with Gasteiger partial charge in [0.1, 0.15) is 17.1 Å². The average Bonchev–Trinajstić information content (AvgIpc) is 2.71. The highest BCUT2D eigenvalue weighted by molar-refractivity contribution is 6.48. The van der Waals surface area contributed by atoms with Crippen LogP contribution in [-0.4, -0.2) is 31.7 Å². The molecule has 0 saturated carbocycles. The minimum absolute atomic E-state index is 0.0859. The number of fused-ring (bicyclic) bond motifs is 1. The first-order valence-electron chi connectivity index (χ1n) is 10.8. The van der Waals surface area contributed by atoms with E-state index < -0.39 is 20.8 Å². The maximum atomic E-state index is 15.4. The first-order chi connectivity index (χ1) is 15.0. The van der Waals surface area contributed by atoms with Gasteiger partial charge in [-0.2, -0.15) is 0 Å². The Morgan fingerprint density at radius 3 is 2.53 bits per heavy atom. The van der Waals surface area contributed by atoms with Crippen LogP contribution in [0.3, 0.4) is 0 Å². The van der Waals surface area contributed by atoms with Crippen molar-refractivity contribution in [2.24, 2.45) is 0 Å². The van der Waals surface area contributed by atoms with Crippen molar-refractivity contribution in [2.75, 3.05) is 6.61 Å². The standard InChI is InChI=1S/C25H30FNO4Si/c1-7-30-24(29)18-13-27-22-12-16(21(26)11-17(22)23(18)28)15-9-8-10-20(25(2,3)4)19(15)14-31-32(5)6/h8-13,32H,7,14H2,1-6H3,(H,27,28). The van der Waals surface area contributed by atoms with E-state index in [0.29, 0.717) is 17.7 Å². The zero-order valence-corrected chi connectivity index (χ0v) is 20.6. The zero-order chi connectivity index (χ0) is 23.6. The highest BCUT2D eigenvalue weighted by atomic mass is 28.3. The molecule has 0 aliphatic rings. The highest BCUT2D eigenvalue weighted by Crippen LogP contribution is 2.38. The summed E-state index contributed by atoms with van der Waals surface area (Å²) in [6.45, 7) is 12.8. The predicted octanol–water partition coefficient (Wildman–Crippen LogP) is 5.72. The lowest BCUT2D eigenvalue weighted by molar-refractivity contribution is 0.0523. The van der Waals surface area contributed by atoms with E-state index in [2.05, 4.69) is 44.9 Å². The van der Waals surface area contributed by atoms with Crippen LogP contribution in [0.4, 0.5) is 4.39 Å². The van der Waals surface area contributed by atoms with Gasteiger partial charge >= 0.3 is 5.97 Å². The van der Waals surface area contributed by atoms with Crippen molar-refractivity contribution in [3.63, 3.8) is 0 Å². The number of carbonyl (C=O) groups excluding carboxylic acids is 1. The van der Waals surface area contributed by atoms with E-state index in [1.165, 1.54) is 12.3 Å². The number of esters is 1. The normalized spacial score (nSPS) is 11.9. The number of nitrogens with zero attached hydrogens (tertiary/aromatic N) is 1. The summed E-state index contributed by atoms with van der Waals surface area (Å²) in [6, 6.07) is 8.69. The van der Waals surface area contributed by atoms with E-state index in [9.17, 15) is 9.90 Å². The molecule has 32 heavy (non-hydrogen) atoms. The maximum absolute atomic E-state index is 15.4. The molecule has 170 valence electrons. The van der Waals surface area contributed by atoms with Crippen LogP contribution in [0.1, 0.15) is 49.2 Å². The lowest BCUT2D eigenvalue weighted by Crippen LogP contribution is -2.17. The third-order valence-corrected chi connectivity index (χ3v) is 6.09. The molecule has 0 spiro atoms. The van der Waals surface area contributed by atoms with E-state index in [4.69, 9.17) is 9.16 Å². The molecule has 0 radical (unpaired) electrons. The monoisotopic (exact) mass is 455 g/mol. The minimum atomic E-state index is -1.29. The number of hydrogen-bond donors (Lipinski definition) is 1. The summed E-state index contributed by atoms with van der Waals surface area (Å²) in [5.41, 5.74) is 3.32. The maximum Gasteiger partial charge on any atom is 0.343 e. The molecule has 0 unspecified atom stereocenters. The van der Waals surface area contributed by atoms with Crippen LogP contribution >= 0.6 is 0 Å². The molecule has 2 aromatic carbocycles. The fraction of sp³-hybridized carbons (Fsp3) is 0.360. The summed E-state index contributed by atoms with van der Waals surface area (Å²) in [5, 5.41) is 10.7. The third kappa shape index (κ3) is 4.84. The lowest BCUT2D eigenvalue weighted by Gasteiger charge is -2.26. The molecule has 0 saturated heterocycles. The van der Waals surface area contributed by atoms with Gasteiger partial charge in [0.15, 0.2) is 9.04 Å². The van der Waals surface area contributed by atoms with Crippen molar-refractivity contribution >= 4 is 25.9 Å². The van der Waals surface area contributed by atoms with Crippen LogP contribution in [0, 0.1) is 5.82 Å². The molecule has 0 bridgehead atoms. The fourth-order valence-electron chi connectivity index (χ4n) is 3.71. The fourth-order valence-corrected chi connectivity index (χ4v) is 4.21. The SMILES string of the molecule is CCOC(=O)c1cnc2cc(-c3cccc(C(C)(C)C)c3CO[SiH](C)C)c(F)cc2c1O. The van der Waals surface area contributed by atoms with E-state index in [-0.39, 0.29) is 28.7 Å². The second-order valence-electron chi connectivity index (χ2n) is 9.03. The largest absolute Gasteiger partial charge is 0.506 e. The van der Waals surface area contributed by atoms with Crippen LogP contribution in [0.5, 0.6) is 5.75 Å². The Balaban J connectivity index is 2.20. The van der Waals surface area contributed by atoms with Crippen molar-refractivity contribution in [1.29, 1.82) is 0 Å². The molecule has 7 heteroatoms. The number of carbonyl (C=O) groups is 1. The van der Waals surface area contributed by atoms with Gasteiger partial charge in [-0.1, -0.05) is 39.0 Å². The van der Waals surface area contributed by atoms with Gasteiger partial charge in [0.2, 0.25) is 0 Å². The number of aromatic nitrogens is 1. The highest BCUT2D eigenvalue weighted by Gasteiger charge is 2.23. The number of ether oxygens (including phenoxy) is 1. The summed E-state index contributed by atoms with van der Waals surface area (Å²) in [7, 11) is -1.29. The summed E-state index contributed by atoms with van der Waals surface area (Å²) in [4.78, 5) is 16.4. The smallest absolute Gasteiger partial charge is 0.343 e. The molecular formula is C25H30FNO4Si. The number of aromatic hydroxyl groups is 1. The molecule has 0 amide bonds. The first-order valence-corrected chi connectivity index (χ1v) is 13.5. The van der Waals surface area contributed by atoms with Gasteiger partial charge < -0.3 is 14.3 Å². The predicted molar refractivity (Wildman–Crippen MR) is 127 cm³/mol. The van der Waals surface area contributed by atoms with Crippen molar-refractivity contribution in [3.05, 3.63) is 59.0 Å². The van der Waals surface area contributed by atoms with Gasteiger partial charge in [-0.05, 0) is 54.3 Å². The molecule has 3 aromatic rings. The zero-order valence-electron chi connectivity index (χ0n) is 19.5. The van der Waals surface area contributed by atoms with Gasteiger partial charge in [-0.25, -0.2) is 9.18 Å². The summed E-state index contributed by atoms with van der Waals surface area (Å²) < 4.78 is 26.4. The Morgan fingerprint density at radius 1 is 1.19 bits per heavy atom. The topological polar surface area (TPSA) is 68.7 Å². The van der Waals surface area contributed by atoms with Crippen LogP contribution in [0.15, 0.2) is 36.5 Å². The quantitative estimate of drug-likeness (QED) is 0.380. The van der Waals surface area contributed by atoms with Crippen molar-refractivity contribution in [3.8, 4) is 16.9 Å². The van der Waals surface area contributed by atoms with E-state index in [0.717, 1.165) is 16.7 Å². The molecule has 1 heterocycles. The number of halogens is 1. The number of hydrogen-bond acceptors (Lipinski definition) is 5. The molecular weight excluding hydrogens is 425 g/mol. The van der Waals surface area contributed by atoms with E-state index in [1.54, 1.807) is 13.0 Å². The van der Waals surface area contributed by atoms with E-state index in [1.807, 2.05) is 12.1 Å². The molecule has 0 aliphatic heterocycles. The molecule has 0 aliphatic carbocycles. The Labute approximate surface area is 189 Å². The Hall–Kier alpha value is -2.77. The number of pyridine rings is 1. The Kier molecular flexibility index (Phi) is 7.00. The van der Waals surface area contributed by atoms with Crippen LogP contribution < -0.4 is 0 Å². The van der Waals surface area contributed by atoms with Gasteiger partial charge in [0.25, 0.3) is 0 Å². The van der Waals surface area contributed by atoms with Gasteiger partial charge in [0, 0.05) is 17.1 Å². The summed E-state index contributed by atoms with van der Waals surface area (Å²) in [5.74, 6) is -1.54. The summed E-state index contributed by atoms with van der Waals surface area (Å²) >= 11 is 0. The summed E-state index contributed by atoms with van der Waals surface area (Å²) in [6.07, 6.45) is 1.26. The van der Waals surface area contributed by atoms with Crippen molar-refractivity contribution < 1.29 is 23.5 Å². The second kappa shape index (κ2) is 9.38. The molecule has 1 N–H and O–H groups in total. The van der Waals surface area contributed by atoms with Crippen molar-refractivity contribution in [2.45, 2.75) is 52.8 Å². The molecule has 0 fully saturated rings. The molecule has 3 rings (SSSR count). The Bertz CT molecular complexity index is 1150. The second-order valence-corrected chi connectivity index (χ2v) is 11.5. The van der Waals surface area contributed by atoms with Crippen molar-refractivity contribution in [1.82, 2.24) is 4.98 Å². The number of rotatable bonds is 6. The third-order valence-electron chi connectivity index (χ3n) is 5.26. The average molecular weight is 456 g/mol. The Morgan fingerprint density at radius 2 is 1.91 bits per heavy atom. The van der Waals surface area contributed by atoms with Gasteiger partial charge in [-0.15, -0.1) is 0 Å². The molecule has 0 atom stereocenters. The molecule has 1 aromatic heterocycles. The van der Waals surface area contributed by atoms with Gasteiger partial charge in [0.05, 0.1) is 18.7 Å². The van der Waals surface area contributed by atoms with E-state index >= 15 is 4.39 Å². The first kappa shape index (κ1) is 23.9. The molecule has 5 nitrogen and oxygen atoms in total.